The van der Waals surface area contributed by atoms with E-state index in [0.717, 1.165) is 38.7 Å². The summed E-state index contributed by atoms with van der Waals surface area (Å²) in [4.78, 5) is 10.8. The summed E-state index contributed by atoms with van der Waals surface area (Å²) in [7, 11) is 1.72. The van der Waals surface area contributed by atoms with Gasteiger partial charge >= 0.3 is 0 Å². The van der Waals surface area contributed by atoms with Crippen molar-refractivity contribution in [2.24, 2.45) is 0 Å². The molecule has 1 amide bonds. The topological polar surface area (TPSA) is 38.3 Å². The average Bonchev–Trinajstić information content (AvgIpc) is 2.45. The molecule has 0 unspecified atom stereocenters. The summed E-state index contributed by atoms with van der Waals surface area (Å²) in [6.45, 7) is 0.834. The first-order chi connectivity index (χ1) is 5.83. The van der Waals surface area contributed by atoms with Crippen molar-refractivity contribution in [2.45, 2.75) is 38.1 Å². The Balaban J connectivity index is 1.97. The lowest BCUT2D eigenvalue weighted by molar-refractivity contribution is -0.119. The summed E-state index contributed by atoms with van der Waals surface area (Å²) in [5.41, 5.74) is 0. The maximum atomic E-state index is 10.8. The Kier molecular flexibility index (Phi) is 4.08. The van der Waals surface area contributed by atoms with Crippen molar-refractivity contribution in [1.82, 2.24) is 5.32 Å². The van der Waals surface area contributed by atoms with Crippen molar-refractivity contribution >= 4 is 5.91 Å². The maximum absolute atomic E-state index is 10.8. The Morgan fingerprint density at radius 1 is 1.58 bits per heavy atom. The lowest BCUT2D eigenvalue weighted by atomic mass is 10.1. The smallest absolute Gasteiger partial charge is 0.220 e. The second-order valence-corrected chi connectivity index (χ2v) is 3.29. The van der Waals surface area contributed by atoms with Gasteiger partial charge in [-0.15, -0.1) is 0 Å². The molecule has 0 radical (unpaired) electrons. The van der Waals surface area contributed by atoms with E-state index in [1.807, 2.05) is 0 Å². The molecule has 0 aliphatic carbocycles. The monoisotopic (exact) mass is 171 g/mol. The Bertz CT molecular complexity index is 147. The highest BCUT2D eigenvalue weighted by molar-refractivity contribution is 5.78. The molecule has 0 saturated carbocycles. The first kappa shape index (κ1) is 9.52. The molecule has 1 heterocycles. The van der Waals surface area contributed by atoms with Gasteiger partial charge in [-0.25, -0.2) is 0 Å². The second kappa shape index (κ2) is 5.14. The van der Waals surface area contributed by atoms with Gasteiger partial charge in [0.2, 0.25) is 5.91 Å². The molecular formula is C9H17NO2. The number of ether oxygens (including phenoxy) is 1. The van der Waals surface area contributed by atoms with Gasteiger partial charge < -0.3 is 10.1 Å². The van der Waals surface area contributed by atoms with Gasteiger partial charge in [0.15, 0.2) is 0 Å². The Morgan fingerprint density at radius 3 is 3.00 bits per heavy atom. The molecule has 0 bridgehead atoms. The van der Waals surface area contributed by atoms with Crippen LogP contribution in [0.4, 0.5) is 0 Å². The quantitative estimate of drug-likeness (QED) is 0.629. The van der Waals surface area contributed by atoms with Gasteiger partial charge in [0.1, 0.15) is 0 Å². The summed E-state index contributed by atoms with van der Waals surface area (Å²) in [6.07, 6.45) is 5.09. The highest BCUT2D eigenvalue weighted by atomic mass is 16.5. The van der Waals surface area contributed by atoms with Crippen molar-refractivity contribution in [2.75, 3.05) is 13.7 Å². The second-order valence-electron chi connectivity index (χ2n) is 3.29. The van der Waals surface area contributed by atoms with Crippen molar-refractivity contribution in [1.29, 1.82) is 0 Å². The molecule has 1 saturated heterocycles. The van der Waals surface area contributed by atoms with Crippen LogP contribution in [-0.4, -0.2) is 25.7 Å². The molecule has 1 atom stereocenters. The molecule has 12 heavy (non-hydrogen) atoms. The summed E-state index contributed by atoms with van der Waals surface area (Å²) >= 11 is 0. The zero-order chi connectivity index (χ0) is 8.81. The summed E-state index contributed by atoms with van der Waals surface area (Å²) < 4.78 is 4.94. The van der Waals surface area contributed by atoms with E-state index in [2.05, 4.69) is 5.32 Å². The largest absolute Gasteiger partial charge is 0.385 e. The number of carbonyl (C=O) groups is 1. The summed E-state index contributed by atoms with van der Waals surface area (Å²) in [5, 5.41) is 2.95. The number of amides is 1. The number of hydrogen-bond acceptors (Lipinski definition) is 2. The number of nitrogens with one attached hydrogen (secondary N) is 1. The molecule has 70 valence electrons. The van der Waals surface area contributed by atoms with Crippen LogP contribution in [0.5, 0.6) is 0 Å². The molecule has 1 rings (SSSR count). The normalized spacial score (nSPS) is 22.8. The van der Waals surface area contributed by atoms with Crippen LogP contribution in [0.1, 0.15) is 32.1 Å². The van der Waals surface area contributed by atoms with Crippen LogP contribution in [0.15, 0.2) is 0 Å². The third-order valence-electron chi connectivity index (χ3n) is 2.24. The van der Waals surface area contributed by atoms with Crippen molar-refractivity contribution in [3.05, 3.63) is 0 Å². The fourth-order valence-corrected chi connectivity index (χ4v) is 1.53. The van der Waals surface area contributed by atoms with E-state index < -0.39 is 0 Å². The number of unbranched alkanes of at least 4 members (excludes halogenated alkanes) is 1. The molecule has 0 aromatic heterocycles. The van der Waals surface area contributed by atoms with E-state index in [4.69, 9.17) is 4.74 Å². The average molecular weight is 171 g/mol. The zero-order valence-corrected chi connectivity index (χ0v) is 7.64. The third-order valence-corrected chi connectivity index (χ3v) is 2.24. The van der Waals surface area contributed by atoms with E-state index in [9.17, 15) is 4.79 Å². The molecule has 3 nitrogen and oxygen atoms in total. The molecule has 0 spiro atoms. The highest BCUT2D eigenvalue weighted by Gasteiger charge is 2.19. The van der Waals surface area contributed by atoms with Gasteiger partial charge in [-0.05, 0) is 25.7 Å². The lowest BCUT2D eigenvalue weighted by Gasteiger charge is -2.08. The number of hydrogen-bond donors (Lipinski definition) is 1. The van der Waals surface area contributed by atoms with Crippen molar-refractivity contribution in [3.63, 3.8) is 0 Å². The Labute approximate surface area is 73.5 Å². The van der Waals surface area contributed by atoms with Crippen LogP contribution < -0.4 is 5.32 Å². The molecule has 3 heteroatoms. The minimum absolute atomic E-state index is 0.215. The highest BCUT2D eigenvalue weighted by Crippen LogP contribution is 2.12. The van der Waals surface area contributed by atoms with Crippen molar-refractivity contribution < 1.29 is 9.53 Å². The Hall–Kier alpha value is -0.570. The Morgan fingerprint density at radius 2 is 2.42 bits per heavy atom. The standard InChI is InChI=1S/C9H17NO2/c1-12-7-3-2-4-8-5-6-9(11)10-8/h8H,2-7H2,1H3,(H,10,11)/t8-/m0/s1. The maximum Gasteiger partial charge on any atom is 0.220 e. The van der Waals surface area contributed by atoms with Crippen LogP contribution in [0.2, 0.25) is 0 Å². The molecule has 0 aromatic carbocycles. The molecule has 1 aliphatic heterocycles. The van der Waals surface area contributed by atoms with Crippen molar-refractivity contribution in [3.8, 4) is 0 Å². The van der Waals surface area contributed by atoms with Gasteiger partial charge in [0, 0.05) is 26.2 Å². The molecule has 1 fully saturated rings. The number of rotatable bonds is 5. The predicted octanol–water partition coefficient (Wildman–Crippen LogP) is 1.08. The van der Waals surface area contributed by atoms with Gasteiger partial charge in [-0.3, -0.25) is 4.79 Å². The molecule has 1 N–H and O–H groups in total. The van der Waals surface area contributed by atoms with Crippen LogP contribution in [-0.2, 0) is 9.53 Å². The van der Waals surface area contributed by atoms with E-state index in [1.165, 1.54) is 0 Å². The van der Waals surface area contributed by atoms with E-state index in [1.54, 1.807) is 7.11 Å². The van der Waals surface area contributed by atoms with E-state index in [-0.39, 0.29) is 5.91 Å². The van der Waals surface area contributed by atoms with Gasteiger partial charge in [0.25, 0.3) is 0 Å². The predicted molar refractivity (Wildman–Crippen MR) is 46.9 cm³/mol. The van der Waals surface area contributed by atoms with Gasteiger partial charge in [0.05, 0.1) is 0 Å². The first-order valence-corrected chi connectivity index (χ1v) is 4.61. The molecule has 0 aromatic rings. The van der Waals surface area contributed by atoms with E-state index >= 15 is 0 Å². The third kappa shape index (κ3) is 3.22. The SMILES string of the molecule is COCCCC[C@H]1CCC(=O)N1. The van der Waals surface area contributed by atoms with Crippen LogP contribution in [0, 0.1) is 0 Å². The van der Waals surface area contributed by atoms with Crippen LogP contribution in [0.3, 0.4) is 0 Å². The minimum atomic E-state index is 0.215. The van der Waals surface area contributed by atoms with Crippen LogP contribution in [0.25, 0.3) is 0 Å². The summed E-state index contributed by atoms with van der Waals surface area (Å²) in [6, 6.07) is 0.439. The fraction of sp³-hybridized carbons (Fsp3) is 0.889. The minimum Gasteiger partial charge on any atom is -0.385 e. The van der Waals surface area contributed by atoms with E-state index in [0.29, 0.717) is 6.04 Å². The fourth-order valence-electron chi connectivity index (χ4n) is 1.53. The van der Waals surface area contributed by atoms with Gasteiger partial charge in [-0.2, -0.15) is 0 Å². The molecule has 1 aliphatic rings. The zero-order valence-electron chi connectivity index (χ0n) is 7.64. The van der Waals surface area contributed by atoms with Crippen LogP contribution >= 0.6 is 0 Å². The molecular weight excluding hydrogens is 154 g/mol. The number of carbonyl (C=O) groups excluding carboxylic acids is 1. The summed E-state index contributed by atoms with van der Waals surface area (Å²) in [5.74, 6) is 0.215. The number of methoxy groups -OCH3 is 1. The lowest BCUT2D eigenvalue weighted by Crippen LogP contribution is -2.24. The first-order valence-electron chi connectivity index (χ1n) is 4.61. The van der Waals surface area contributed by atoms with Gasteiger partial charge in [-0.1, -0.05) is 0 Å².